The van der Waals surface area contributed by atoms with Gasteiger partial charge in [-0.15, -0.1) is 0 Å². The van der Waals surface area contributed by atoms with Gasteiger partial charge in [-0.2, -0.15) is 0 Å². The molecule has 0 aliphatic heterocycles. The standard InChI is InChI=1S/C9H8Cl2N2O2/c10-6-3-5(4-7(11)12-6)9(1-2-9)13-8(14)15/h3-4,13H,1-2H2,(H,14,15). The van der Waals surface area contributed by atoms with Gasteiger partial charge in [0, 0.05) is 0 Å². The quantitative estimate of drug-likeness (QED) is 0.789. The Morgan fingerprint density at radius 2 is 1.93 bits per heavy atom. The molecule has 6 heteroatoms. The molecule has 1 aromatic heterocycles. The van der Waals surface area contributed by atoms with E-state index in [2.05, 4.69) is 10.3 Å². The fourth-order valence-corrected chi connectivity index (χ4v) is 2.02. The fourth-order valence-electron chi connectivity index (χ4n) is 1.56. The molecule has 0 unspecified atom stereocenters. The van der Waals surface area contributed by atoms with E-state index in [4.69, 9.17) is 28.3 Å². The number of carboxylic acid groups (broad SMARTS) is 1. The SMILES string of the molecule is O=C(O)NC1(c2cc(Cl)nc(Cl)c2)CC1. The molecule has 0 bridgehead atoms. The highest BCUT2D eigenvalue weighted by atomic mass is 35.5. The molecule has 1 amide bonds. The van der Waals surface area contributed by atoms with Crippen molar-refractivity contribution in [3.63, 3.8) is 0 Å². The molecule has 4 nitrogen and oxygen atoms in total. The van der Waals surface area contributed by atoms with Crippen LogP contribution in [0.3, 0.4) is 0 Å². The summed E-state index contributed by atoms with van der Waals surface area (Å²) in [6.07, 6.45) is 0.475. The summed E-state index contributed by atoms with van der Waals surface area (Å²) in [6.45, 7) is 0. The highest BCUT2D eigenvalue weighted by Gasteiger charge is 2.46. The van der Waals surface area contributed by atoms with Gasteiger partial charge in [0.15, 0.2) is 0 Å². The van der Waals surface area contributed by atoms with Crippen molar-refractivity contribution < 1.29 is 9.90 Å². The van der Waals surface area contributed by atoms with Crippen LogP contribution >= 0.6 is 23.2 Å². The van der Waals surface area contributed by atoms with E-state index in [9.17, 15) is 4.79 Å². The third-order valence-electron chi connectivity index (χ3n) is 2.41. The van der Waals surface area contributed by atoms with Crippen LogP contribution in [0.5, 0.6) is 0 Å². The third kappa shape index (κ3) is 2.16. The summed E-state index contributed by atoms with van der Waals surface area (Å²) in [4.78, 5) is 14.4. The zero-order chi connectivity index (χ0) is 11.1. The van der Waals surface area contributed by atoms with Crippen LogP contribution in [0, 0.1) is 0 Å². The number of nitrogens with one attached hydrogen (secondary N) is 1. The van der Waals surface area contributed by atoms with Gasteiger partial charge in [0.05, 0.1) is 5.54 Å². The fraction of sp³-hybridized carbons (Fsp3) is 0.333. The van der Waals surface area contributed by atoms with Gasteiger partial charge in [0.2, 0.25) is 0 Å². The molecule has 2 N–H and O–H groups in total. The van der Waals surface area contributed by atoms with E-state index < -0.39 is 11.6 Å². The molecule has 0 atom stereocenters. The van der Waals surface area contributed by atoms with E-state index in [0.717, 1.165) is 18.4 Å². The Kier molecular flexibility index (Phi) is 2.48. The van der Waals surface area contributed by atoms with Gasteiger partial charge in [-0.1, -0.05) is 23.2 Å². The lowest BCUT2D eigenvalue weighted by atomic mass is 10.1. The van der Waals surface area contributed by atoms with E-state index in [1.165, 1.54) is 0 Å². The van der Waals surface area contributed by atoms with Crippen molar-refractivity contribution >= 4 is 29.3 Å². The van der Waals surface area contributed by atoms with Crippen LogP contribution in [0.1, 0.15) is 18.4 Å². The predicted molar refractivity (Wildman–Crippen MR) is 56.3 cm³/mol. The summed E-state index contributed by atoms with van der Waals surface area (Å²) in [5, 5.41) is 11.7. The van der Waals surface area contributed by atoms with E-state index in [0.29, 0.717) is 0 Å². The smallest absolute Gasteiger partial charge is 0.405 e. The maximum atomic E-state index is 10.6. The lowest BCUT2D eigenvalue weighted by Gasteiger charge is -2.15. The average molecular weight is 247 g/mol. The molecule has 1 fully saturated rings. The van der Waals surface area contributed by atoms with Crippen molar-refractivity contribution in [3.05, 3.63) is 28.0 Å². The Hall–Kier alpha value is -1.00. The highest BCUT2D eigenvalue weighted by molar-refractivity contribution is 6.32. The number of halogens is 2. The third-order valence-corrected chi connectivity index (χ3v) is 2.80. The van der Waals surface area contributed by atoms with Gasteiger partial charge >= 0.3 is 6.09 Å². The summed E-state index contributed by atoms with van der Waals surface area (Å²) in [5.74, 6) is 0. The van der Waals surface area contributed by atoms with Crippen molar-refractivity contribution in [2.45, 2.75) is 18.4 Å². The number of hydrogen-bond acceptors (Lipinski definition) is 2. The number of hydrogen-bond donors (Lipinski definition) is 2. The Bertz CT molecular complexity index is 398. The molecule has 1 aliphatic rings. The van der Waals surface area contributed by atoms with Crippen LogP contribution in [-0.2, 0) is 5.54 Å². The molecule has 1 aliphatic carbocycles. The molecule has 0 spiro atoms. The number of aromatic nitrogens is 1. The van der Waals surface area contributed by atoms with Crippen LogP contribution in [0.25, 0.3) is 0 Å². The summed E-state index contributed by atoms with van der Waals surface area (Å²) < 4.78 is 0. The highest BCUT2D eigenvalue weighted by Crippen LogP contribution is 2.46. The second-order valence-corrected chi connectivity index (χ2v) is 4.29. The van der Waals surface area contributed by atoms with Crippen LogP contribution in [0.4, 0.5) is 4.79 Å². The molecule has 1 heterocycles. The first-order valence-electron chi connectivity index (χ1n) is 4.36. The zero-order valence-corrected chi connectivity index (χ0v) is 9.14. The minimum absolute atomic E-state index is 0.274. The molecule has 2 rings (SSSR count). The summed E-state index contributed by atoms with van der Waals surface area (Å²) in [7, 11) is 0. The molecule has 0 radical (unpaired) electrons. The van der Waals surface area contributed by atoms with Gasteiger partial charge in [-0.3, -0.25) is 0 Å². The van der Waals surface area contributed by atoms with E-state index >= 15 is 0 Å². The van der Waals surface area contributed by atoms with Crippen LogP contribution in [0.2, 0.25) is 10.3 Å². The van der Waals surface area contributed by atoms with Gasteiger partial charge in [-0.05, 0) is 30.5 Å². The molecular formula is C9H8Cl2N2O2. The van der Waals surface area contributed by atoms with Gasteiger partial charge in [-0.25, -0.2) is 9.78 Å². The summed E-state index contributed by atoms with van der Waals surface area (Å²) in [5.41, 5.74) is 0.261. The van der Waals surface area contributed by atoms with Gasteiger partial charge < -0.3 is 10.4 Å². The van der Waals surface area contributed by atoms with Crippen molar-refractivity contribution in [1.29, 1.82) is 0 Å². The Balaban J connectivity index is 2.32. The van der Waals surface area contributed by atoms with Crippen LogP contribution in [-0.4, -0.2) is 16.2 Å². The number of rotatable bonds is 2. The van der Waals surface area contributed by atoms with E-state index in [1.54, 1.807) is 12.1 Å². The van der Waals surface area contributed by atoms with Crippen molar-refractivity contribution in [2.75, 3.05) is 0 Å². The first-order valence-corrected chi connectivity index (χ1v) is 5.12. The van der Waals surface area contributed by atoms with E-state index in [1.807, 2.05) is 0 Å². The minimum Gasteiger partial charge on any atom is -0.465 e. The molecule has 15 heavy (non-hydrogen) atoms. The summed E-state index contributed by atoms with van der Waals surface area (Å²) in [6, 6.07) is 3.27. The topological polar surface area (TPSA) is 62.2 Å². The molecular weight excluding hydrogens is 239 g/mol. The average Bonchev–Trinajstić information content (AvgIpc) is 2.82. The molecule has 80 valence electrons. The molecule has 0 saturated heterocycles. The van der Waals surface area contributed by atoms with Crippen LogP contribution in [0.15, 0.2) is 12.1 Å². The van der Waals surface area contributed by atoms with Crippen LogP contribution < -0.4 is 5.32 Å². The second kappa shape index (κ2) is 3.54. The Morgan fingerprint density at radius 1 is 1.40 bits per heavy atom. The first-order chi connectivity index (χ1) is 7.02. The van der Waals surface area contributed by atoms with Gasteiger partial charge in [0.25, 0.3) is 0 Å². The Labute approximate surface area is 96.2 Å². The molecule has 1 aromatic rings. The normalized spacial score (nSPS) is 17.2. The predicted octanol–water partition coefficient (Wildman–Crippen LogP) is 2.65. The molecule has 1 saturated carbocycles. The maximum absolute atomic E-state index is 10.6. The number of pyridine rings is 1. The van der Waals surface area contributed by atoms with E-state index in [-0.39, 0.29) is 10.3 Å². The molecule has 0 aromatic carbocycles. The number of amides is 1. The number of carbonyl (C=O) groups is 1. The lowest BCUT2D eigenvalue weighted by molar-refractivity contribution is 0.188. The monoisotopic (exact) mass is 246 g/mol. The summed E-state index contributed by atoms with van der Waals surface area (Å²) >= 11 is 11.5. The lowest BCUT2D eigenvalue weighted by Crippen LogP contribution is -2.33. The number of nitrogens with zero attached hydrogens (tertiary/aromatic N) is 1. The van der Waals surface area contributed by atoms with Crippen molar-refractivity contribution in [3.8, 4) is 0 Å². The largest absolute Gasteiger partial charge is 0.465 e. The zero-order valence-electron chi connectivity index (χ0n) is 7.63. The maximum Gasteiger partial charge on any atom is 0.405 e. The Morgan fingerprint density at radius 3 is 2.33 bits per heavy atom. The van der Waals surface area contributed by atoms with Crippen molar-refractivity contribution in [2.24, 2.45) is 0 Å². The van der Waals surface area contributed by atoms with Crippen molar-refractivity contribution in [1.82, 2.24) is 10.3 Å². The first kappa shape index (κ1) is 10.5. The van der Waals surface area contributed by atoms with Gasteiger partial charge in [0.1, 0.15) is 10.3 Å². The minimum atomic E-state index is -1.04. The second-order valence-electron chi connectivity index (χ2n) is 3.51.